The van der Waals surface area contributed by atoms with Crippen molar-refractivity contribution in [3.05, 3.63) is 108 Å². The predicted molar refractivity (Wildman–Crippen MR) is 224 cm³/mol. The first-order valence-electron chi connectivity index (χ1n) is 20.9. The number of hydrogen-bond acceptors (Lipinski definition) is 2. The Bertz CT molecular complexity index is 1870. The van der Waals surface area contributed by atoms with Crippen LogP contribution < -0.4 is 19.6 Å². The maximum Gasteiger partial charge on any atom is 0.249 e. The van der Waals surface area contributed by atoms with E-state index < -0.39 is 8.07 Å². The molecule has 53 heavy (non-hydrogen) atoms. The summed E-state index contributed by atoms with van der Waals surface area (Å²) >= 11 is 0. The molecule has 7 rings (SSSR count). The minimum Gasteiger partial charge on any atom is -0.483 e. The molecule has 2 saturated carbocycles. The fourth-order valence-corrected chi connectivity index (χ4v) is 12.5. The summed E-state index contributed by atoms with van der Waals surface area (Å²) in [7, 11) is 0.0291. The van der Waals surface area contributed by atoms with Crippen molar-refractivity contribution in [2.24, 2.45) is 17.3 Å². The Balaban J connectivity index is 1.43. The molecule has 2 aliphatic carbocycles. The molecular formula is C48H67N3OSi+2. The molecule has 2 aromatic heterocycles. The van der Waals surface area contributed by atoms with Gasteiger partial charge in [0.05, 0.1) is 21.1 Å². The van der Waals surface area contributed by atoms with Gasteiger partial charge in [-0.05, 0) is 92.2 Å². The molecule has 2 fully saturated rings. The third kappa shape index (κ3) is 7.36. The SMILES string of the molecule is C=C(NCC1(C=CC)CCC2c3ccccc3-c3cc(CC4CCCC4)c([Si](C)(C)C)c[n+]3C2C(=C)[n+]2ccc(C(C)(C)C3CCCC3)cc2C1)OC. The molecule has 3 aromatic rings. The van der Waals surface area contributed by atoms with Crippen LogP contribution in [-0.2, 0) is 23.0 Å². The van der Waals surface area contributed by atoms with Gasteiger partial charge in [-0.3, -0.25) is 0 Å². The molecule has 5 heteroatoms. The number of hydrogen-bond donors (Lipinski definition) is 1. The predicted octanol–water partition coefficient (Wildman–Crippen LogP) is 10.1. The molecule has 0 bridgehead atoms. The maximum atomic E-state index is 5.56. The Morgan fingerprint density at radius 1 is 1.02 bits per heavy atom. The van der Waals surface area contributed by atoms with Crippen molar-refractivity contribution in [2.45, 2.75) is 135 Å². The van der Waals surface area contributed by atoms with Crippen molar-refractivity contribution in [3.8, 4) is 11.3 Å². The van der Waals surface area contributed by atoms with Crippen LogP contribution >= 0.6 is 0 Å². The number of benzene rings is 1. The largest absolute Gasteiger partial charge is 0.483 e. The van der Waals surface area contributed by atoms with Gasteiger partial charge in [-0.1, -0.05) is 102 Å². The van der Waals surface area contributed by atoms with E-state index in [0.717, 1.165) is 37.6 Å². The number of pyridine rings is 2. The van der Waals surface area contributed by atoms with Crippen molar-refractivity contribution in [1.82, 2.24) is 5.32 Å². The Morgan fingerprint density at radius 3 is 2.43 bits per heavy atom. The molecule has 3 atom stereocenters. The molecule has 282 valence electrons. The monoisotopic (exact) mass is 730 g/mol. The van der Waals surface area contributed by atoms with Crippen molar-refractivity contribution in [3.63, 3.8) is 0 Å². The van der Waals surface area contributed by atoms with Crippen molar-refractivity contribution >= 4 is 19.0 Å². The van der Waals surface area contributed by atoms with Crippen LogP contribution in [-0.4, -0.2) is 21.7 Å². The summed E-state index contributed by atoms with van der Waals surface area (Å²) in [4.78, 5) is 0. The third-order valence-electron chi connectivity index (χ3n) is 14.0. The Morgan fingerprint density at radius 2 is 1.74 bits per heavy atom. The van der Waals surface area contributed by atoms with Crippen molar-refractivity contribution < 1.29 is 13.9 Å². The van der Waals surface area contributed by atoms with Gasteiger partial charge in [0.15, 0.2) is 24.0 Å². The minimum absolute atomic E-state index is 0.108. The number of fused-ring (bicyclic) bond motifs is 7. The highest BCUT2D eigenvalue weighted by Crippen LogP contribution is 2.48. The van der Waals surface area contributed by atoms with Gasteiger partial charge in [-0.15, -0.1) is 0 Å². The number of ether oxygens (including phenoxy) is 1. The van der Waals surface area contributed by atoms with E-state index in [0.29, 0.717) is 5.88 Å². The zero-order valence-corrected chi connectivity index (χ0v) is 35.1. The van der Waals surface area contributed by atoms with Crippen molar-refractivity contribution in [1.29, 1.82) is 0 Å². The summed E-state index contributed by atoms with van der Waals surface area (Å²) in [6.45, 7) is 24.8. The van der Waals surface area contributed by atoms with Crippen LogP contribution in [0.25, 0.3) is 17.0 Å². The van der Waals surface area contributed by atoms with Crippen molar-refractivity contribution in [2.75, 3.05) is 13.7 Å². The fourth-order valence-electron chi connectivity index (χ4n) is 10.9. The first kappa shape index (κ1) is 37.9. The first-order valence-corrected chi connectivity index (χ1v) is 24.4. The van der Waals surface area contributed by atoms with Crippen LogP contribution in [0.15, 0.2) is 86.1 Å². The van der Waals surface area contributed by atoms with Crippen LogP contribution in [0.1, 0.15) is 119 Å². The van der Waals surface area contributed by atoms with E-state index in [4.69, 9.17) is 11.3 Å². The van der Waals surface area contributed by atoms with Crippen LogP contribution in [0.3, 0.4) is 0 Å². The smallest absolute Gasteiger partial charge is 0.249 e. The van der Waals surface area contributed by atoms with Gasteiger partial charge in [0.1, 0.15) is 0 Å². The molecule has 4 aliphatic rings. The second kappa shape index (κ2) is 15.0. The van der Waals surface area contributed by atoms with Gasteiger partial charge < -0.3 is 10.1 Å². The van der Waals surface area contributed by atoms with E-state index in [2.05, 4.69) is 128 Å². The lowest BCUT2D eigenvalue weighted by Crippen LogP contribution is -2.57. The maximum absolute atomic E-state index is 5.56. The molecule has 0 spiro atoms. The lowest BCUT2D eigenvalue weighted by molar-refractivity contribution is -0.729. The first-order chi connectivity index (χ1) is 25.3. The van der Waals surface area contributed by atoms with Gasteiger partial charge in [0.2, 0.25) is 17.4 Å². The topological polar surface area (TPSA) is 29.0 Å². The van der Waals surface area contributed by atoms with Gasteiger partial charge in [0, 0.05) is 47.3 Å². The molecule has 1 N–H and O–H groups in total. The lowest BCUT2D eigenvalue weighted by atomic mass is 9.71. The van der Waals surface area contributed by atoms with Crippen LogP contribution in [0.4, 0.5) is 0 Å². The molecule has 1 aromatic carbocycles. The van der Waals surface area contributed by atoms with Gasteiger partial charge in [-0.2, -0.15) is 9.13 Å². The average Bonchev–Trinajstić information content (AvgIpc) is 3.88. The standard InChI is InChI=1S/C48H67N3OSi/c1-10-25-48(33-49-35(3)52-6)26-23-43-41-21-15-16-22-42(41)44-29-37(28-36-17-11-12-18-36)45(53(7,8)9)32-51(44)46(43)34(2)50-27-24-39(30-40(50)31-48)47(4,5)38-19-13-14-20-38/h10,15-16,21-22,24-25,27,29-30,32,36,38,43,46,49H,2-3,11-14,17-20,23,26,28,31,33H2,1,4-9H3/q+2. The molecule has 4 nitrogen and oxygen atoms in total. The number of methoxy groups -OCH3 is 1. The quantitative estimate of drug-likeness (QED) is 0.0975. The minimum atomic E-state index is -1.68. The molecular weight excluding hydrogens is 663 g/mol. The van der Waals surface area contributed by atoms with Crippen LogP contribution in [0.5, 0.6) is 0 Å². The normalized spacial score (nSPS) is 23.8. The average molecular weight is 730 g/mol. The zero-order valence-electron chi connectivity index (χ0n) is 34.1. The lowest BCUT2D eigenvalue weighted by Gasteiger charge is -2.34. The second-order valence-electron chi connectivity index (χ2n) is 18.8. The summed E-state index contributed by atoms with van der Waals surface area (Å²) in [5, 5.41) is 5.22. The number of nitrogens with one attached hydrogen (secondary N) is 1. The van der Waals surface area contributed by atoms with E-state index >= 15 is 0 Å². The number of aromatic nitrogens is 2. The summed E-state index contributed by atoms with van der Waals surface area (Å²) < 4.78 is 10.8. The fraction of sp³-hybridized carbons (Fsp3) is 0.542. The van der Waals surface area contributed by atoms with E-state index in [-0.39, 0.29) is 22.8 Å². The molecule has 0 radical (unpaired) electrons. The molecule has 0 saturated heterocycles. The summed E-state index contributed by atoms with van der Waals surface area (Å²) in [5.74, 6) is 2.44. The van der Waals surface area contributed by atoms with Gasteiger partial charge >= 0.3 is 0 Å². The molecule has 2 aliphatic heterocycles. The van der Waals surface area contributed by atoms with E-state index in [1.54, 1.807) is 17.9 Å². The van der Waals surface area contributed by atoms with Crippen LogP contribution in [0.2, 0.25) is 19.6 Å². The molecule has 0 amide bonds. The molecule has 3 unspecified atom stereocenters. The Kier molecular flexibility index (Phi) is 10.7. The third-order valence-corrected chi connectivity index (χ3v) is 16.1. The van der Waals surface area contributed by atoms with Gasteiger partial charge in [-0.25, -0.2) is 0 Å². The summed E-state index contributed by atoms with van der Waals surface area (Å²) in [6.07, 6.45) is 24.9. The molecule has 4 heterocycles. The highest BCUT2D eigenvalue weighted by atomic mass is 28.3. The Labute approximate surface area is 322 Å². The van der Waals surface area contributed by atoms with Gasteiger partial charge in [0.25, 0.3) is 0 Å². The Hall–Kier alpha value is -3.44. The van der Waals surface area contributed by atoms with E-state index in [9.17, 15) is 0 Å². The number of nitrogens with zero attached hydrogens (tertiary/aromatic N) is 2. The summed E-state index contributed by atoms with van der Waals surface area (Å²) in [6, 6.07) is 17.1. The highest BCUT2D eigenvalue weighted by Gasteiger charge is 2.50. The van der Waals surface area contributed by atoms with E-state index in [1.165, 1.54) is 91.6 Å². The second-order valence-corrected chi connectivity index (χ2v) is 23.8. The van der Waals surface area contributed by atoms with E-state index in [1.807, 2.05) is 0 Å². The summed E-state index contributed by atoms with van der Waals surface area (Å²) in [5.41, 5.74) is 9.82. The number of allylic oxidation sites excluding steroid dienone is 2. The zero-order chi connectivity index (χ0) is 37.5. The highest BCUT2D eigenvalue weighted by molar-refractivity contribution is 6.89. The van der Waals surface area contributed by atoms with Crippen LogP contribution in [0, 0.1) is 17.3 Å². The number of rotatable bonds is 10.